The molecule has 1 heterocycles. The highest BCUT2D eigenvalue weighted by Gasteiger charge is 2.27. The zero-order chi connectivity index (χ0) is 20.8. The van der Waals surface area contributed by atoms with Crippen molar-refractivity contribution >= 4 is 46.6 Å². The molecular weight excluding hydrogens is 413 g/mol. The summed E-state index contributed by atoms with van der Waals surface area (Å²) in [6, 6.07) is 13.9. The third-order valence-electron chi connectivity index (χ3n) is 4.84. The summed E-state index contributed by atoms with van der Waals surface area (Å²) < 4.78 is 0. The van der Waals surface area contributed by atoms with Gasteiger partial charge in [0.15, 0.2) is 0 Å². The van der Waals surface area contributed by atoms with E-state index in [1.165, 1.54) is 12.1 Å². The lowest BCUT2D eigenvalue weighted by Gasteiger charge is -2.31. The molecule has 0 atom stereocenters. The molecule has 1 saturated heterocycles. The van der Waals surface area contributed by atoms with E-state index in [1.54, 1.807) is 11.0 Å². The Hall–Kier alpha value is -2.57. The highest BCUT2D eigenvalue weighted by molar-refractivity contribution is 6.36. The van der Waals surface area contributed by atoms with Crippen LogP contribution < -0.4 is 10.6 Å². The van der Waals surface area contributed by atoms with Gasteiger partial charge in [-0.1, -0.05) is 41.4 Å². The first-order chi connectivity index (χ1) is 13.9. The Kier molecular flexibility index (Phi) is 7.12. The average molecular weight is 434 g/mol. The fourth-order valence-electron chi connectivity index (χ4n) is 3.19. The lowest BCUT2D eigenvalue weighted by Crippen LogP contribution is -2.45. The van der Waals surface area contributed by atoms with Gasteiger partial charge in [-0.05, 0) is 43.2 Å². The van der Waals surface area contributed by atoms with Crippen molar-refractivity contribution in [3.63, 3.8) is 0 Å². The van der Waals surface area contributed by atoms with Gasteiger partial charge in [-0.2, -0.15) is 0 Å². The minimum Gasteiger partial charge on any atom is -0.343 e. The first-order valence-corrected chi connectivity index (χ1v) is 10.1. The van der Waals surface area contributed by atoms with Gasteiger partial charge in [-0.3, -0.25) is 14.4 Å². The molecule has 0 bridgehead atoms. The lowest BCUT2D eigenvalue weighted by molar-refractivity contribution is -0.133. The Morgan fingerprint density at radius 1 is 1.00 bits per heavy atom. The molecule has 3 rings (SSSR count). The Balaban J connectivity index is 1.45. The fraction of sp³-hybridized carbons (Fsp3) is 0.286. The van der Waals surface area contributed by atoms with Crippen molar-refractivity contribution in [3.05, 3.63) is 64.1 Å². The Morgan fingerprint density at radius 3 is 2.34 bits per heavy atom. The fourth-order valence-corrected chi connectivity index (χ4v) is 3.69. The number of halogens is 2. The number of nitrogens with one attached hydrogen (secondary N) is 2. The van der Waals surface area contributed by atoms with Crippen LogP contribution in [-0.2, 0) is 9.59 Å². The van der Waals surface area contributed by atoms with Crippen molar-refractivity contribution in [1.82, 2.24) is 10.2 Å². The van der Waals surface area contributed by atoms with E-state index in [2.05, 4.69) is 10.6 Å². The van der Waals surface area contributed by atoms with Crippen LogP contribution in [0.15, 0.2) is 48.5 Å². The number of anilines is 1. The third kappa shape index (κ3) is 5.71. The average Bonchev–Trinajstić information content (AvgIpc) is 2.72. The SMILES string of the molecule is O=C(NCC(=O)N1CCC(C(=O)Nc2ccccc2)CC1)c1ccc(Cl)cc1Cl. The summed E-state index contributed by atoms with van der Waals surface area (Å²) in [5.74, 6) is -0.793. The van der Waals surface area contributed by atoms with Crippen LogP contribution in [0, 0.1) is 5.92 Å². The number of nitrogens with zero attached hydrogens (tertiary/aromatic N) is 1. The van der Waals surface area contributed by atoms with Crippen molar-refractivity contribution in [2.45, 2.75) is 12.8 Å². The number of piperidine rings is 1. The molecule has 1 fully saturated rings. The van der Waals surface area contributed by atoms with Gasteiger partial charge in [0.1, 0.15) is 0 Å². The quantitative estimate of drug-likeness (QED) is 0.755. The van der Waals surface area contributed by atoms with E-state index in [-0.39, 0.29) is 34.9 Å². The third-order valence-corrected chi connectivity index (χ3v) is 5.38. The minimum atomic E-state index is -0.433. The normalized spacial score (nSPS) is 14.3. The Morgan fingerprint density at radius 2 is 1.69 bits per heavy atom. The standard InChI is InChI=1S/C21H21Cl2N3O3/c22-15-6-7-17(18(23)12-15)21(29)24-13-19(27)26-10-8-14(9-11-26)20(28)25-16-4-2-1-3-5-16/h1-7,12,14H,8-11,13H2,(H,24,29)(H,25,28). The molecule has 2 N–H and O–H groups in total. The van der Waals surface area contributed by atoms with Crippen LogP contribution in [0.25, 0.3) is 0 Å². The number of hydrogen-bond acceptors (Lipinski definition) is 3. The second-order valence-corrected chi connectivity index (χ2v) is 7.66. The molecule has 0 aliphatic carbocycles. The number of rotatable bonds is 5. The molecule has 2 aromatic rings. The molecule has 0 radical (unpaired) electrons. The van der Waals surface area contributed by atoms with Gasteiger partial charge in [0.05, 0.1) is 17.1 Å². The van der Waals surface area contributed by atoms with Crippen molar-refractivity contribution in [1.29, 1.82) is 0 Å². The van der Waals surface area contributed by atoms with Gasteiger partial charge >= 0.3 is 0 Å². The predicted octanol–water partition coefficient (Wildman–Crippen LogP) is 3.60. The topological polar surface area (TPSA) is 78.5 Å². The number of amides is 3. The number of likely N-dealkylation sites (tertiary alicyclic amines) is 1. The summed E-state index contributed by atoms with van der Waals surface area (Å²) in [6.07, 6.45) is 1.17. The first-order valence-electron chi connectivity index (χ1n) is 9.31. The molecular formula is C21H21Cl2N3O3. The van der Waals surface area contributed by atoms with Crippen LogP contribution in [0.4, 0.5) is 5.69 Å². The Labute approximate surface area is 179 Å². The maximum atomic E-state index is 12.4. The molecule has 6 nitrogen and oxygen atoms in total. The van der Waals surface area contributed by atoms with Crippen LogP contribution in [0.3, 0.4) is 0 Å². The molecule has 1 aliphatic heterocycles. The van der Waals surface area contributed by atoms with E-state index in [0.29, 0.717) is 31.0 Å². The Bertz CT molecular complexity index is 897. The van der Waals surface area contributed by atoms with Gasteiger partial charge in [0, 0.05) is 29.7 Å². The molecule has 2 aromatic carbocycles. The first kappa shape index (κ1) is 21.1. The van der Waals surface area contributed by atoms with Gasteiger partial charge in [-0.25, -0.2) is 0 Å². The van der Waals surface area contributed by atoms with Crippen LogP contribution in [0.2, 0.25) is 10.0 Å². The number of carbonyl (C=O) groups excluding carboxylic acids is 3. The monoisotopic (exact) mass is 433 g/mol. The molecule has 0 spiro atoms. The smallest absolute Gasteiger partial charge is 0.253 e. The highest BCUT2D eigenvalue weighted by Crippen LogP contribution is 2.21. The molecule has 0 unspecified atom stereocenters. The van der Waals surface area contributed by atoms with Gasteiger partial charge in [0.2, 0.25) is 11.8 Å². The summed E-state index contributed by atoms with van der Waals surface area (Å²) in [7, 11) is 0. The van der Waals surface area contributed by atoms with Crippen molar-refractivity contribution < 1.29 is 14.4 Å². The summed E-state index contributed by atoms with van der Waals surface area (Å²) >= 11 is 11.8. The van der Waals surface area contributed by atoms with Crippen LogP contribution in [-0.4, -0.2) is 42.3 Å². The second kappa shape index (κ2) is 9.76. The lowest BCUT2D eigenvalue weighted by atomic mass is 9.95. The molecule has 1 aliphatic rings. The maximum absolute atomic E-state index is 12.4. The van der Waals surface area contributed by atoms with Gasteiger partial charge < -0.3 is 15.5 Å². The molecule has 0 saturated carbocycles. The zero-order valence-corrected chi connectivity index (χ0v) is 17.2. The molecule has 29 heavy (non-hydrogen) atoms. The van der Waals surface area contributed by atoms with Gasteiger partial charge in [0.25, 0.3) is 5.91 Å². The van der Waals surface area contributed by atoms with E-state index < -0.39 is 5.91 Å². The van der Waals surface area contributed by atoms with Crippen molar-refractivity contribution in [2.24, 2.45) is 5.92 Å². The van der Waals surface area contributed by atoms with Crippen molar-refractivity contribution in [3.8, 4) is 0 Å². The van der Waals surface area contributed by atoms with E-state index in [1.807, 2.05) is 30.3 Å². The summed E-state index contributed by atoms with van der Waals surface area (Å²) in [5, 5.41) is 6.15. The zero-order valence-electron chi connectivity index (χ0n) is 15.7. The predicted molar refractivity (Wildman–Crippen MR) is 113 cm³/mol. The number of carbonyl (C=O) groups is 3. The highest BCUT2D eigenvalue weighted by atomic mass is 35.5. The number of hydrogen-bond donors (Lipinski definition) is 2. The summed E-state index contributed by atoms with van der Waals surface area (Å²) in [4.78, 5) is 38.7. The van der Waals surface area contributed by atoms with Crippen LogP contribution in [0.5, 0.6) is 0 Å². The van der Waals surface area contributed by atoms with E-state index >= 15 is 0 Å². The maximum Gasteiger partial charge on any atom is 0.253 e. The van der Waals surface area contributed by atoms with E-state index in [9.17, 15) is 14.4 Å². The second-order valence-electron chi connectivity index (χ2n) is 6.82. The van der Waals surface area contributed by atoms with Crippen molar-refractivity contribution in [2.75, 3.05) is 25.0 Å². The molecule has 8 heteroatoms. The largest absolute Gasteiger partial charge is 0.343 e. The molecule has 152 valence electrons. The van der Waals surface area contributed by atoms with E-state index in [0.717, 1.165) is 5.69 Å². The number of para-hydroxylation sites is 1. The van der Waals surface area contributed by atoms with Crippen LogP contribution in [0.1, 0.15) is 23.2 Å². The van der Waals surface area contributed by atoms with E-state index in [4.69, 9.17) is 23.2 Å². The number of benzene rings is 2. The summed E-state index contributed by atoms with van der Waals surface area (Å²) in [5.41, 5.74) is 1.03. The van der Waals surface area contributed by atoms with Gasteiger partial charge in [-0.15, -0.1) is 0 Å². The van der Waals surface area contributed by atoms with Crippen LogP contribution >= 0.6 is 23.2 Å². The molecule has 0 aromatic heterocycles. The molecule has 3 amide bonds. The minimum absolute atomic E-state index is 0.0333. The summed E-state index contributed by atoms with van der Waals surface area (Å²) in [6.45, 7) is 0.825.